The molecule has 0 saturated carbocycles. The van der Waals surface area contributed by atoms with E-state index in [1.54, 1.807) is 13.2 Å². The summed E-state index contributed by atoms with van der Waals surface area (Å²) in [4.78, 5) is 11.4. The summed E-state index contributed by atoms with van der Waals surface area (Å²) < 4.78 is 9.72. The van der Waals surface area contributed by atoms with Crippen LogP contribution in [0.1, 0.15) is 22.8 Å². The molecule has 0 aliphatic heterocycles. The number of aryl methyl sites for hydroxylation is 1. The van der Waals surface area contributed by atoms with Crippen LogP contribution in [0.4, 0.5) is 0 Å². The normalized spacial score (nSPS) is 9.64. The van der Waals surface area contributed by atoms with Crippen LogP contribution < -0.4 is 4.74 Å². The Kier molecular flexibility index (Phi) is 3.51. The molecule has 0 fully saturated rings. The number of benzene rings is 1. The van der Waals surface area contributed by atoms with Gasteiger partial charge in [0.2, 0.25) is 0 Å². The highest BCUT2D eigenvalue weighted by Crippen LogP contribution is 2.18. The van der Waals surface area contributed by atoms with E-state index in [9.17, 15) is 4.79 Å². The van der Waals surface area contributed by atoms with Crippen molar-refractivity contribution in [3.63, 3.8) is 0 Å². The summed E-state index contributed by atoms with van der Waals surface area (Å²) in [7, 11) is 2.95. The van der Waals surface area contributed by atoms with Crippen LogP contribution in [0.15, 0.2) is 18.2 Å². The van der Waals surface area contributed by atoms with Gasteiger partial charge in [-0.3, -0.25) is 0 Å². The molecule has 1 aromatic carbocycles. The lowest BCUT2D eigenvalue weighted by Crippen LogP contribution is -2.05. The molecule has 0 aliphatic rings. The van der Waals surface area contributed by atoms with Crippen molar-refractivity contribution < 1.29 is 14.3 Å². The van der Waals surface area contributed by atoms with E-state index < -0.39 is 0 Å². The second-order valence-corrected chi connectivity index (χ2v) is 2.87. The Hall–Kier alpha value is -1.51. The van der Waals surface area contributed by atoms with Crippen LogP contribution in [-0.4, -0.2) is 20.2 Å². The van der Waals surface area contributed by atoms with Gasteiger partial charge in [-0.25, -0.2) is 4.79 Å². The number of carbonyl (C=O) groups is 1. The fourth-order valence-electron chi connectivity index (χ4n) is 1.29. The second kappa shape index (κ2) is 4.65. The standard InChI is InChI=1S/C11H14O3/c1-4-8-5-6-9(13-2)7-10(8)11(12)14-3/h5-7H,4H2,1-3H3. The molecule has 76 valence electrons. The Labute approximate surface area is 83.6 Å². The van der Waals surface area contributed by atoms with Gasteiger partial charge in [0, 0.05) is 0 Å². The molecule has 0 spiro atoms. The zero-order chi connectivity index (χ0) is 10.6. The maximum atomic E-state index is 11.4. The minimum absolute atomic E-state index is 0.319. The van der Waals surface area contributed by atoms with E-state index in [1.807, 2.05) is 19.1 Å². The zero-order valence-electron chi connectivity index (χ0n) is 8.66. The van der Waals surface area contributed by atoms with E-state index in [-0.39, 0.29) is 5.97 Å². The van der Waals surface area contributed by atoms with Gasteiger partial charge < -0.3 is 9.47 Å². The smallest absolute Gasteiger partial charge is 0.338 e. The molecule has 0 heterocycles. The highest BCUT2D eigenvalue weighted by atomic mass is 16.5. The van der Waals surface area contributed by atoms with Gasteiger partial charge in [0.1, 0.15) is 5.75 Å². The molecule has 14 heavy (non-hydrogen) atoms. The first-order valence-electron chi connectivity index (χ1n) is 4.48. The first-order valence-corrected chi connectivity index (χ1v) is 4.48. The number of ether oxygens (including phenoxy) is 2. The lowest BCUT2D eigenvalue weighted by atomic mass is 10.1. The average Bonchev–Trinajstić information content (AvgIpc) is 2.27. The molecule has 3 nitrogen and oxygen atoms in total. The molecule has 0 N–H and O–H groups in total. The Morgan fingerprint density at radius 1 is 1.36 bits per heavy atom. The van der Waals surface area contributed by atoms with Gasteiger partial charge in [-0.05, 0) is 24.1 Å². The van der Waals surface area contributed by atoms with E-state index in [2.05, 4.69) is 4.74 Å². The van der Waals surface area contributed by atoms with Crippen molar-refractivity contribution in [1.29, 1.82) is 0 Å². The third-order valence-electron chi connectivity index (χ3n) is 2.10. The van der Waals surface area contributed by atoms with Crippen molar-refractivity contribution in [1.82, 2.24) is 0 Å². The van der Waals surface area contributed by atoms with Gasteiger partial charge in [-0.2, -0.15) is 0 Å². The summed E-state index contributed by atoms with van der Waals surface area (Å²) in [5.74, 6) is 0.350. The Morgan fingerprint density at radius 3 is 2.57 bits per heavy atom. The minimum atomic E-state index is -0.319. The third-order valence-corrected chi connectivity index (χ3v) is 2.10. The van der Waals surface area contributed by atoms with Crippen molar-refractivity contribution in [2.45, 2.75) is 13.3 Å². The predicted octanol–water partition coefficient (Wildman–Crippen LogP) is 2.04. The molecular weight excluding hydrogens is 180 g/mol. The van der Waals surface area contributed by atoms with E-state index in [0.29, 0.717) is 11.3 Å². The molecule has 0 bridgehead atoms. The second-order valence-electron chi connectivity index (χ2n) is 2.87. The molecular formula is C11H14O3. The summed E-state index contributed by atoms with van der Waals surface area (Å²) in [6.45, 7) is 1.99. The highest BCUT2D eigenvalue weighted by molar-refractivity contribution is 5.91. The van der Waals surface area contributed by atoms with Crippen LogP contribution >= 0.6 is 0 Å². The zero-order valence-corrected chi connectivity index (χ0v) is 8.66. The molecule has 0 atom stereocenters. The molecule has 3 heteroatoms. The van der Waals surface area contributed by atoms with Crippen LogP contribution in [0.3, 0.4) is 0 Å². The summed E-state index contributed by atoms with van der Waals surface area (Å²) in [5, 5.41) is 0. The van der Waals surface area contributed by atoms with Crippen LogP contribution in [-0.2, 0) is 11.2 Å². The average molecular weight is 194 g/mol. The maximum Gasteiger partial charge on any atom is 0.338 e. The summed E-state index contributed by atoms with van der Waals surface area (Å²) in [6.07, 6.45) is 0.800. The van der Waals surface area contributed by atoms with Gasteiger partial charge in [0.05, 0.1) is 19.8 Å². The maximum absolute atomic E-state index is 11.4. The van der Waals surface area contributed by atoms with Crippen LogP contribution in [0.25, 0.3) is 0 Å². The monoisotopic (exact) mass is 194 g/mol. The fraction of sp³-hybridized carbons (Fsp3) is 0.364. The van der Waals surface area contributed by atoms with Gasteiger partial charge in [0.25, 0.3) is 0 Å². The molecule has 0 radical (unpaired) electrons. The van der Waals surface area contributed by atoms with Gasteiger partial charge >= 0.3 is 5.97 Å². The molecule has 0 unspecified atom stereocenters. The highest BCUT2D eigenvalue weighted by Gasteiger charge is 2.11. The third kappa shape index (κ3) is 2.05. The number of hydrogen-bond donors (Lipinski definition) is 0. The minimum Gasteiger partial charge on any atom is -0.497 e. The van der Waals surface area contributed by atoms with Gasteiger partial charge in [0.15, 0.2) is 0 Å². The van der Waals surface area contributed by atoms with E-state index in [0.717, 1.165) is 12.0 Å². The van der Waals surface area contributed by atoms with E-state index in [4.69, 9.17) is 4.74 Å². The van der Waals surface area contributed by atoms with E-state index in [1.165, 1.54) is 7.11 Å². The lowest BCUT2D eigenvalue weighted by molar-refractivity contribution is 0.0599. The van der Waals surface area contributed by atoms with Crippen LogP contribution in [0, 0.1) is 0 Å². The predicted molar refractivity (Wildman–Crippen MR) is 53.7 cm³/mol. The fourth-order valence-corrected chi connectivity index (χ4v) is 1.29. The SMILES string of the molecule is CCc1ccc(OC)cc1C(=O)OC. The summed E-state index contributed by atoms with van der Waals surface area (Å²) in [6, 6.07) is 5.42. The van der Waals surface area contributed by atoms with Crippen molar-refractivity contribution in [3.05, 3.63) is 29.3 Å². The molecule has 0 saturated heterocycles. The van der Waals surface area contributed by atoms with Crippen molar-refractivity contribution in [2.75, 3.05) is 14.2 Å². The molecule has 1 rings (SSSR count). The first-order chi connectivity index (χ1) is 6.72. The quantitative estimate of drug-likeness (QED) is 0.691. The number of esters is 1. The Balaban J connectivity index is 3.14. The molecule has 0 aromatic heterocycles. The van der Waals surface area contributed by atoms with Crippen LogP contribution in [0.5, 0.6) is 5.75 Å². The number of rotatable bonds is 3. The van der Waals surface area contributed by atoms with Crippen LogP contribution in [0.2, 0.25) is 0 Å². The first kappa shape index (κ1) is 10.6. The summed E-state index contributed by atoms with van der Waals surface area (Å²) >= 11 is 0. The van der Waals surface area contributed by atoms with E-state index >= 15 is 0 Å². The Bertz CT molecular complexity index is 331. The number of methoxy groups -OCH3 is 2. The van der Waals surface area contributed by atoms with Gasteiger partial charge in [-0.15, -0.1) is 0 Å². The molecule has 0 aliphatic carbocycles. The lowest BCUT2D eigenvalue weighted by Gasteiger charge is -2.07. The summed E-state index contributed by atoms with van der Waals surface area (Å²) in [5.41, 5.74) is 1.55. The van der Waals surface area contributed by atoms with Crippen molar-refractivity contribution in [3.8, 4) is 5.75 Å². The molecule has 1 aromatic rings. The number of carbonyl (C=O) groups excluding carboxylic acids is 1. The van der Waals surface area contributed by atoms with Crippen molar-refractivity contribution in [2.24, 2.45) is 0 Å². The molecule has 0 amide bonds. The largest absolute Gasteiger partial charge is 0.497 e. The number of hydrogen-bond acceptors (Lipinski definition) is 3. The van der Waals surface area contributed by atoms with Gasteiger partial charge in [-0.1, -0.05) is 13.0 Å². The van der Waals surface area contributed by atoms with Crippen molar-refractivity contribution >= 4 is 5.97 Å². The Morgan fingerprint density at radius 2 is 2.07 bits per heavy atom. The topological polar surface area (TPSA) is 35.5 Å².